The second-order valence-electron chi connectivity index (χ2n) is 11.6. The van der Waals surface area contributed by atoms with E-state index in [0.717, 1.165) is 5.56 Å². The van der Waals surface area contributed by atoms with Crippen molar-refractivity contribution in [3.63, 3.8) is 0 Å². The average Bonchev–Trinajstić information content (AvgIpc) is 3.69. The Bertz CT molecular complexity index is 1750. The highest BCUT2D eigenvalue weighted by Crippen LogP contribution is 2.36. The molecule has 54 heavy (non-hydrogen) atoms. The molecule has 1 aromatic carbocycles. The van der Waals surface area contributed by atoms with Crippen LogP contribution in [-0.2, 0) is 58.8 Å². The molecule has 4 rings (SSSR count). The fourth-order valence-electron chi connectivity index (χ4n) is 5.20. The lowest BCUT2D eigenvalue weighted by Gasteiger charge is -2.23. The number of anilines is 1. The summed E-state index contributed by atoms with van der Waals surface area (Å²) in [6.45, 7) is 7.08. The molecule has 3 aromatic rings. The van der Waals surface area contributed by atoms with Gasteiger partial charge in [0, 0.05) is 39.4 Å². The van der Waals surface area contributed by atoms with Gasteiger partial charge >= 0.3 is 17.9 Å². The molecule has 1 amide bonds. The van der Waals surface area contributed by atoms with E-state index in [0.29, 0.717) is 76.1 Å². The summed E-state index contributed by atoms with van der Waals surface area (Å²) in [5.74, 6) is 0.566. The lowest BCUT2D eigenvalue weighted by molar-refractivity contribution is -0.166. The van der Waals surface area contributed by atoms with Gasteiger partial charge in [0.2, 0.25) is 5.28 Å². The molecule has 1 aliphatic rings. The Balaban J connectivity index is 1.28. The minimum absolute atomic E-state index is 0.116. The summed E-state index contributed by atoms with van der Waals surface area (Å²) in [6, 6.07) is 6.98. The number of halogens is 1. The van der Waals surface area contributed by atoms with Crippen molar-refractivity contribution < 1.29 is 57.1 Å². The first-order chi connectivity index (χ1) is 26.1. The molecule has 4 atom stereocenters. The predicted molar refractivity (Wildman–Crippen MR) is 190 cm³/mol. The molecule has 0 aliphatic carbocycles. The Morgan fingerprint density at radius 1 is 0.870 bits per heavy atom. The number of ether oxygens (including phenoxy) is 8. The number of hydrogen-bond acceptors (Lipinski definition) is 16. The molecule has 292 valence electrons. The maximum absolute atomic E-state index is 12.6. The molecule has 1 saturated heterocycles. The Kier molecular flexibility index (Phi) is 16.8. The van der Waals surface area contributed by atoms with Crippen molar-refractivity contribution in [3.05, 3.63) is 46.9 Å². The number of carbonyl (C=O) groups excluding carboxylic acids is 4. The van der Waals surface area contributed by atoms with Crippen LogP contribution in [-0.4, -0.2) is 128 Å². The maximum Gasteiger partial charge on any atom is 0.303 e. The van der Waals surface area contributed by atoms with Crippen molar-refractivity contribution in [2.45, 2.75) is 51.9 Å². The van der Waals surface area contributed by atoms with Gasteiger partial charge in [-0.15, -0.1) is 6.42 Å². The SMILES string of the molecule is C#CCOCCOCCOCCOCCNC(=O)c1ccc(CNc2nc(Cl)nc3c2cnn3C2O[C@H](COC(C)=O)[C@@H](OC(C)=O)[C@H]2OC(C)=O)cc1. The summed E-state index contributed by atoms with van der Waals surface area (Å²) in [6.07, 6.45) is 2.15. The first-order valence-corrected chi connectivity index (χ1v) is 17.3. The number of carbonyl (C=O) groups is 4. The average molecular weight is 775 g/mol. The minimum atomic E-state index is -1.17. The van der Waals surface area contributed by atoms with E-state index in [1.54, 1.807) is 24.3 Å². The third-order valence-corrected chi connectivity index (χ3v) is 7.69. The molecule has 2 N–H and O–H groups in total. The Labute approximate surface area is 316 Å². The van der Waals surface area contributed by atoms with Crippen LogP contribution in [0.2, 0.25) is 5.28 Å². The zero-order valence-electron chi connectivity index (χ0n) is 30.1. The van der Waals surface area contributed by atoms with Crippen molar-refractivity contribution in [2.24, 2.45) is 0 Å². The molecular formula is C35H43ClN6O12. The van der Waals surface area contributed by atoms with E-state index in [4.69, 9.17) is 55.9 Å². The lowest BCUT2D eigenvalue weighted by Crippen LogP contribution is -2.40. The number of nitrogens with one attached hydrogen (secondary N) is 2. The molecule has 3 heterocycles. The van der Waals surface area contributed by atoms with E-state index in [1.807, 2.05) is 0 Å². The van der Waals surface area contributed by atoms with Crippen molar-refractivity contribution in [1.29, 1.82) is 0 Å². The number of aromatic nitrogens is 4. The van der Waals surface area contributed by atoms with Crippen molar-refractivity contribution in [2.75, 3.05) is 71.3 Å². The van der Waals surface area contributed by atoms with Gasteiger partial charge < -0.3 is 48.5 Å². The smallest absolute Gasteiger partial charge is 0.303 e. The number of nitrogens with zero attached hydrogens (tertiary/aromatic N) is 4. The van der Waals surface area contributed by atoms with Gasteiger partial charge in [0.25, 0.3) is 5.91 Å². The zero-order chi connectivity index (χ0) is 38.9. The van der Waals surface area contributed by atoms with Crippen LogP contribution >= 0.6 is 11.6 Å². The van der Waals surface area contributed by atoms with Gasteiger partial charge in [0.1, 0.15) is 25.1 Å². The van der Waals surface area contributed by atoms with E-state index in [2.05, 4.69) is 31.6 Å². The molecule has 1 fully saturated rings. The second-order valence-corrected chi connectivity index (χ2v) is 11.9. The van der Waals surface area contributed by atoms with E-state index in [-0.39, 0.29) is 30.1 Å². The Hall–Kier alpha value is -4.90. The number of rotatable bonds is 22. The van der Waals surface area contributed by atoms with Crippen LogP contribution in [0.5, 0.6) is 0 Å². The number of amides is 1. The predicted octanol–water partition coefficient (Wildman–Crippen LogP) is 1.85. The van der Waals surface area contributed by atoms with Crippen molar-refractivity contribution >= 4 is 52.3 Å². The van der Waals surface area contributed by atoms with Gasteiger partial charge in [-0.1, -0.05) is 18.1 Å². The molecule has 2 aromatic heterocycles. The van der Waals surface area contributed by atoms with Crippen molar-refractivity contribution in [3.8, 4) is 12.3 Å². The third-order valence-electron chi connectivity index (χ3n) is 7.52. The lowest BCUT2D eigenvalue weighted by atomic mass is 10.1. The Morgan fingerprint density at radius 3 is 2.13 bits per heavy atom. The van der Waals surface area contributed by atoms with E-state index in [9.17, 15) is 19.2 Å². The van der Waals surface area contributed by atoms with Crippen LogP contribution in [0, 0.1) is 12.3 Å². The molecule has 18 nitrogen and oxygen atoms in total. The third kappa shape index (κ3) is 12.9. The van der Waals surface area contributed by atoms with Crippen LogP contribution in [0.25, 0.3) is 11.0 Å². The van der Waals surface area contributed by atoms with E-state index < -0.39 is 42.4 Å². The second kappa shape index (κ2) is 21.7. The molecule has 0 spiro atoms. The summed E-state index contributed by atoms with van der Waals surface area (Å²) >= 11 is 6.32. The van der Waals surface area contributed by atoms with Gasteiger partial charge in [-0.3, -0.25) is 19.2 Å². The highest BCUT2D eigenvalue weighted by molar-refractivity contribution is 6.28. The maximum atomic E-state index is 12.6. The standard InChI is InChI=1S/C35H43ClN6O12/c1-5-11-47-13-15-49-17-18-50-16-14-48-12-10-37-33(46)26-8-6-25(7-9-26)19-38-31-27-20-39-42(32(27)41-35(36)40-31)34-30(53-24(4)45)29(52-23(3)44)28(54-34)21-51-22(2)43/h1,6-9,20,28-30,34H,10-19,21H2,2-4H3,(H,37,46)(H,38,40,41)/t28-,29-,30-,34?/m1/s1. The number of esters is 3. The summed E-state index contributed by atoms with van der Waals surface area (Å²) < 4.78 is 44.9. The first kappa shape index (κ1) is 41.9. The quantitative estimate of drug-likeness (QED) is 0.0491. The summed E-state index contributed by atoms with van der Waals surface area (Å²) in [5.41, 5.74) is 1.53. The van der Waals surface area contributed by atoms with Crippen LogP contribution in [0.1, 0.15) is 42.9 Å². The molecule has 1 unspecified atom stereocenters. The number of fused-ring (bicyclic) bond motifs is 1. The number of terminal acetylenes is 1. The normalized spacial score (nSPS) is 17.8. The molecule has 1 aliphatic heterocycles. The summed E-state index contributed by atoms with van der Waals surface area (Å²) in [5, 5.41) is 10.8. The van der Waals surface area contributed by atoms with Crippen LogP contribution in [0.15, 0.2) is 30.5 Å². The zero-order valence-corrected chi connectivity index (χ0v) is 30.9. The van der Waals surface area contributed by atoms with Crippen LogP contribution in [0.3, 0.4) is 0 Å². The fourth-order valence-corrected chi connectivity index (χ4v) is 5.36. The van der Waals surface area contributed by atoms with Crippen molar-refractivity contribution in [1.82, 2.24) is 25.1 Å². The monoisotopic (exact) mass is 774 g/mol. The fraction of sp³-hybridized carbons (Fsp3) is 0.514. The van der Waals surface area contributed by atoms with Crippen LogP contribution in [0.4, 0.5) is 5.82 Å². The highest BCUT2D eigenvalue weighted by Gasteiger charge is 2.51. The highest BCUT2D eigenvalue weighted by atomic mass is 35.5. The molecule has 19 heteroatoms. The van der Waals surface area contributed by atoms with Gasteiger partial charge in [-0.05, 0) is 29.3 Å². The van der Waals surface area contributed by atoms with Gasteiger partial charge in [-0.25, -0.2) is 4.68 Å². The number of benzene rings is 1. The minimum Gasteiger partial charge on any atom is -0.463 e. The molecule has 0 saturated carbocycles. The number of hydrogen-bond donors (Lipinski definition) is 2. The molecular weight excluding hydrogens is 732 g/mol. The van der Waals surface area contributed by atoms with E-state index in [1.165, 1.54) is 31.6 Å². The first-order valence-electron chi connectivity index (χ1n) is 17.0. The van der Waals surface area contributed by atoms with Gasteiger partial charge in [0.05, 0.1) is 57.8 Å². The molecule has 0 bridgehead atoms. The molecule has 0 radical (unpaired) electrons. The summed E-state index contributed by atoms with van der Waals surface area (Å²) in [7, 11) is 0. The van der Waals surface area contributed by atoms with E-state index >= 15 is 0 Å². The topological polar surface area (TPSA) is 210 Å². The van der Waals surface area contributed by atoms with Gasteiger partial charge in [0.15, 0.2) is 24.1 Å². The largest absolute Gasteiger partial charge is 0.463 e. The Morgan fingerprint density at radius 2 is 1.50 bits per heavy atom. The van der Waals surface area contributed by atoms with Gasteiger partial charge in [-0.2, -0.15) is 15.1 Å². The van der Waals surface area contributed by atoms with Crippen LogP contribution < -0.4 is 10.6 Å². The summed E-state index contributed by atoms with van der Waals surface area (Å²) in [4.78, 5) is 56.8.